The van der Waals surface area contributed by atoms with Gasteiger partial charge in [-0.15, -0.1) is 0 Å². The van der Waals surface area contributed by atoms with E-state index in [1.807, 2.05) is 24.3 Å². The first-order valence-electron chi connectivity index (χ1n) is 12.7. The summed E-state index contributed by atoms with van der Waals surface area (Å²) in [5.74, 6) is 1.37. The largest absolute Gasteiger partial charge is 0.494 e. The van der Waals surface area contributed by atoms with E-state index >= 15 is 0 Å². The van der Waals surface area contributed by atoms with Crippen LogP contribution in [0.5, 0.6) is 11.5 Å². The molecule has 0 saturated carbocycles. The summed E-state index contributed by atoms with van der Waals surface area (Å²) in [4.78, 5) is 4.43. The van der Waals surface area contributed by atoms with Crippen molar-refractivity contribution in [1.29, 1.82) is 0 Å². The number of benzene rings is 2. The van der Waals surface area contributed by atoms with E-state index in [1.165, 1.54) is 51.0 Å². The summed E-state index contributed by atoms with van der Waals surface area (Å²) in [5, 5.41) is 4.05. The van der Waals surface area contributed by atoms with Gasteiger partial charge in [-0.2, -0.15) is 4.98 Å². The molecule has 0 N–H and O–H groups in total. The first-order valence-corrected chi connectivity index (χ1v) is 12.7. The third-order valence-electron chi connectivity index (χ3n) is 5.74. The molecule has 1 heterocycles. The Kier molecular flexibility index (Phi) is 10.9. The van der Waals surface area contributed by atoms with Gasteiger partial charge in [-0.05, 0) is 55.3 Å². The van der Waals surface area contributed by atoms with E-state index in [-0.39, 0.29) is 11.6 Å². The molecule has 6 heteroatoms. The molecule has 34 heavy (non-hydrogen) atoms. The zero-order valence-corrected chi connectivity index (χ0v) is 20.5. The first kappa shape index (κ1) is 25.7. The molecule has 0 aliphatic carbocycles. The van der Waals surface area contributed by atoms with E-state index in [9.17, 15) is 4.39 Å². The van der Waals surface area contributed by atoms with E-state index in [2.05, 4.69) is 24.0 Å². The molecule has 0 unspecified atom stereocenters. The molecule has 0 aliphatic rings. The molecule has 0 saturated heterocycles. The molecule has 0 amide bonds. The number of halogens is 1. The van der Waals surface area contributed by atoms with Crippen LogP contribution in [0.4, 0.5) is 4.39 Å². The topological polar surface area (TPSA) is 57.4 Å². The second kappa shape index (κ2) is 14.4. The average molecular weight is 469 g/mol. The van der Waals surface area contributed by atoms with Crippen molar-refractivity contribution in [3.8, 4) is 34.3 Å². The Balaban J connectivity index is 1.50. The molecule has 1 aromatic heterocycles. The predicted molar refractivity (Wildman–Crippen MR) is 134 cm³/mol. The minimum Gasteiger partial charge on any atom is -0.494 e. The lowest BCUT2D eigenvalue weighted by Gasteiger charge is -2.07. The van der Waals surface area contributed by atoms with Crippen LogP contribution in [0.3, 0.4) is 0 Å². The van der Waals surface area contributed by atoms with Gasteiger partial charge in [-0.25, -0.2) is 4.39 Å². The monoisotopic (exact) mass is 468 g/mol. The number of ether oxygens (including phenoxy) is 2. The molecule has 0 aliphatic heterocycles. The molecule has 3 rings (SSSR count). The van der Waals surface area contributed by atoms with Crippen LogP contribution in [-0.4, -0.2) is 23.4 Å². The van der Waals surface area contributed by atoms with Gasteiger partial charge in [0.2, 0.25) is 5.82 Å². The summed E-state index contributed by atoms with van der Waals surface area (Å²) >= 11 is 0. The van der Waals surface area contributed by atoms with Crippen molar-refractivity contribution in [1.82, 2.24) is 10.1 Å². The molecule has 0 radical (unpaired) electrons. The van der Waals surface area contributed by atoms with Gasteiger partial charge in [0.15, 0.2) is 11.6 Å². The lowest BCUT2D eigenvalue weighted by Crippen LogP contribution is -1.99. The van der Waals surface area contributed by atoms with Gasteiger partial charge in [-0.1, -0.05) is 70.4 Å². The van der Waals surface area contributed by atoms with Gasteiger partial charge in [0.05, 0.1) is 13.2 Å². The number of hydrogen-bond donors (Lipinski definition) is 0. The van der Waals surface area contributed by atoms with Crippen LogP contribution in [0, 0.1) is 5.82 Å². The lowest BCUT2D eigenvalue weighted by molar-refractivity contribution is 0.290. The zero-order valence-electron chi connectivity index (χ0n) is 20.5. The highest BCUT2D eigenvalue weighted by molar-refractivity contribution is 5.61. The molecule has 0 fully saturated rings. The molecular weight excluding hydrogens is 431 g/mol. The van der Waals surface area contributed by atoms with Crippen molar-refractivity contribution >= 4 is 0 Å². The SMILES string of the molecule is CCCCCCCCOc1ccc(-c2nc(-c3ccc(OCCCCCC)cc3)no2)cc1F. The number of hydrogen-bond acceptors (Lipinski definition) is 5. The van der Waals surface area contributed by atoms with E-state index in [0.717, 1.165) is 37.2 Å². The Hall–Kier alpha value is -2.89. The van der Waals surface area contributed by atoms with Crippen molar-refractivity contribution in [3.05, 3.63) is 48.3 Å². The van der Waals surface area contributed by atoms with E-state index in [4.69, 9.17) is 14.0 Å². The maximum atomic E-state index is 14.5. The molecule has 0 atom stereocenters. The molecule has 2 aromatic carbocycles. The quantitative estimate of drug-likeness (QED) is 0.198. The number of rotatable bonds is 16. The summed E-state index contributed by atoms with van der Waals surface area (Å²) in [6.45, 7) is 5.64. The van der Waals surface area contributed by atoms with Crippen LogP contribution in [-0.2, 0) is 0 Å². The number of unbranched alkanes of at least 4 members (excludes halogenated alkanes) is 8. The van der Waals surface area contributed by atoms with Crippen molar-refractivity contribution in [2.75, 3.05) is 13.2 Å². The Morgan fingerprint density at radius 2 is 1.35 bits per heavy atom. The fourth-order valence-electron chi connectivity index (χ4n) is 3.69. The normalized spacial score (nSPS) is 11.0. The van der Waals surface area contributed by atoms with Crippen LogP contribution in [0.15, 0.2) is 47.0 Å². The summed E-state index contributed by atoms with van der Waals surface area (Å²) < 4.78 is 31.3. The Labute approximate surface area is 202 Å². The standard InChI is InChI=1S/C28H37FN2O3/c1-3-5-7-9-10-12-20-33-26-18-15-23(21-25(26)29)28-30-27(31-34-28)22-13-16-24(17-14-22)32-19-11-8-6-4-2/h13-18,21H,3-12,19-20H2,1-2H3. The summed E-state index contributed by atoms with van der Waals surface area (Å²) in [6.07, 6.45) is 11.7. The highest BCUT2D eigenvalue weighted by Gasteiger charge is 2.13. The van der Waals surface area contributed by atoms with Gasteiger partial charge >= 0.3 is 0 Å². The highest BCUT2D eigenvalue weighted by Crippen LogP contribution is 2.27. The Morgan fingerprint density at radius 3 is 2.06 bits per heavy atom. The maximum Gasteiger partial charge on any atom is 0.258 e. The van der Waals surface area contributed by atoms with Crippen LogP contribution < -0.4 is 9.47 Å². The number of nitrogens with zero attached hydrogens (tertiary/aromatic N) is 2. The summed E-state index contributed by atoms with van der Waals surface area (Å²) in [7, 11) is 0. The molecular formula is C28H37FN2O3. The van der Waals surface area contributed by atoms with Gasteiger partial charge in [0.25, 0.3) is 5.89 Å². The third kappa shape index (κ3) is 8.15. The van der Waals surface area contributed by atoms with E-state index in [1.54, 1.807) is 12.1 Å². The maximum absolute atomic E-state index is 14.5. The Morgan fingerprint density at radius 1 is 0.735 bits per heavy atom. The van der Waals surface area contributed by atoms with Gasteiger partial charge in [0.1, 0.15) is 5.75 Å². The van der Waals surface area contributed by atoms with Crippen molar-refractivity contribution in [2.24, 2.45) is 0 Å². The van der Waals surface area contributed by atoms with Crippen LogP contribution in [0.2, 0.25) is 0 Å². The Bertz CT molecular complexity index is 972. The fourth-order valence-corrected chi connectivity index (χ4v) is 3.69. The summed E-state index contributed by atoms with van der Waals surface area (Å²) in [5.41, 5.74) is 1.34. The molecule has 184 valence electrons. The van der Waals surface area contributed by atoms with Crippen LogP contribution in [0.25, 0.3) is 22.8 Å². The molecule has 5 nitrogen and oxygen atoms in total. The average Bonchev–Trinajstić information content (AvgIpc) is 3.35. The third-order valence-corrected chi connectivity index (χ3v) is 5.74. The summed E-state index contributed by atoms with van der Waals surface area (Å²) in [6, 6.07) is 12.3. The first-order chi connectivity index (χ1) is 16.7. The minimum atomic E-state index is -0.427. The van der Waals surface area contributed by atoms with Crippen LogP contribution in [0.1, 0.15) is 78.1 Å². The fraction of sp³-hybridized carbons (Fsp3) is 0.500. The van der Waals surface area contributed by atoms with Crippen molar-refractivity contribution in [3.63, 3.8) is 0 Å². The van der Waals surface area contributed by atoms with Crippen molar-refractivity contribution < 1.29 is 18.4 Å². The predicted octanol–water partition coefficient (Wildman–Crippen LogP) is 8.24. The zero-order chi connectivity index (χ0) is 24.0. The highest BCUT2D eigenvalue weighted by atomic mass is 19.1. The van der Waals surface area contributed by atoms with Gasteiger partial charge in [0, 0.05) is 11.1 Å². The molecule has 0 bridgehead atoms. The van der Waals surface area contributed by atoms with Gasteiger partial charge < -0.3 is 14.0 Å². The molecule has 3 aromatic rings. The van der Waals surface area contributed by atoms with E-state index < -0.39 is 5.82 Å². The second-order valence-electron chi connectivity index (χ2n) is 8.62. The van der Waals surface area contributed by atoms with Crippen LogP contribution >= 0.6 is 0 Å². The lowest BCUT2D eigenvalue weighted by atomic mass is 10.1. The van der Waals surface area contributed by atoms with E-state index in [0.29, 0.717) is 18.0 Å². The second-order valence-corrected chi connectivity index (χ2v) is 8.62. The molecule has 0 spiro atoms. The van der Waals surface area contributed by atoms with Gasteiger partial charge in [-0.3, -0.25) is 0 Å². The minimum absolute atomic E-state index is 0.252. The van der Waals surface area contributed by atoms with Crippen molar-refractivity contribution in [2.45, 2.75) is 78.1 Å². The smallest absolute Gasteiger partial charge is 0.258 e. The number of aromatic nitrogens is 2.